The lowest BCUT2D eigenvalue weighted by Crippen LogP contribution is -2.43. The van der Waals surface area contributed by atoms with Crippen molar-refractivity contribution in [3.05, 3.63) is 97.7 Å². The second-order valence-electron chi connectivity index (χ2n) is 8.40. The van der Waals surface area contributed by atoms with Crippen molar-refractivity contribution in [2.75, 3.05) is 5.32 Å². The molecule has 0 atom stereocenters. The minimum absolute atomic E-state index is 0.0693. The highest BCUT2D eigenvalue weighted by molar-refractivity contribution is 6.34. The minimum atomic E-state index is -1.63. The number of nitrogens with zero attached hydrogens (tertiary/aromatic N) is 7. The SMILES string of the molecule is Cn1cnc(Cn2c(=O)nc(Nc3cc4cn(C)nc4cc3Cl)n(Cc3cc(F)c(F)c(F)c3)c2=O)c1. The highest BCUT2D eigenvalue weighted by atomic mass is 35.5. The molecule has 3 heterocycles. The number of anilines is 2. The number of halogens is 4. The second-order valence-corrected chi connectivity index (χ2v) is 8.80. The molecule has 5 rings (SSSR count). The summed E-state index contributed by atoms with van der Waals surface area (Å²) in [6.07, 6.45) is 4.87. The van der Waals surface area contributed by atoms with Crippen molar-refractivity contribution in [2.24, 2.45) is 14.1 Å². The second kappa shape index (κ2) is 9.24. The quantitative estimate of drug-likeness (QED) is 0.339. The van der Waals surface area contributed by atoms with Crippen LogP contribution in [0.25, 0.3) is 10.9 Å². The number of aromatic nitrogens is 7. The molecule has 0 saturated carbocycles. The van der Waals surface area contributed by atoms with Crippen LogP contribution in [-0.2, 0) is 27.2 Å². The average Bonchev–Trinajstić information content (AvgIpc) is 3.41. The highest BCUT2D eigenvalue weighted by Crippen LogP contribution is 2.29. The Labute approximate surface area is 211 Å². The van der Waals surface area contributed by atoms with Crippen molar-refractivity contribution in [3.63, 3.8) is 0 Å². The van der Waals surface area contributed by atoms with Crippen molar-refractivity contribution < 1.29 is 13.2 Å². The first-order valence-corrected chi connectivity index (χ1v) is 11.2. The van der Waals surface area contributed by atoms with Gasteiger partial charge in [-0.1, -0.05) is 11.6 Å². The van der Waals surface area contributed by atoms with Crippen molar-refractivity contribution in [1.29, 1.82) is 0 Å². The average molecular weight is 531 g/mol. The third kappa shape index (κ3) is 4.72. The summed E-state index contributed by atoms with van der Waals surface area (Å²) < 4.78 is 46.4. The summed E-state index contributed by atoms with van der Waals surface area (Å²) in [4.78, 5) is 34.4. The molecule has 2 aromatic carbocycles. The largest absolute Gasteiger partial charge is 0.355 e. The number of rotatable bonds is 6. The van der Waals surface area contributed by atoms with Crippen LogP contribution in [0.5, 0.6) is 0 Å². The van der Waals surface area contributed by atoms with E-state index in [4.69, 9.17) is 11.6 Å². The first-order valence-electron chi connectivity index (χ1n) is 10.8. The van der Waals surface area contributed by atoms with Crippen LogP contribution >= 0.6 is 11.6 Å². The van der Waals surface area contributed by atoms with Gasteiger partial charge in [-0.3, -0.25) is 9.25 Å². The molecular formula is C23H18ClF3N8O2. The molecule has 0 aliphatic heterocycles. The number of benzene rings is 2. The summed E-state index contributed by atoms with van der Waals surface area (Å²) in [6, 6.07) is 4.77. The van der Waals surface area contributed by atoms with E-state index >= 15 is 0 Å². The van der Waals surface area contributed by atoms with E-state index in [0.717, 1.165) is 26.7 Å². The summed E-state index contributed by atoms with van der Waals surface area (Å²) in [5, 5.41) is 8.08. The maximum Gasteiger partial charge on any atom is 0.355 e. The lowest BCUT2D eigenvalue weighted by atomic mass is 10.2. The van der Waals surface area contributed by atoms with E-state index in [1.807, 2.05) is 0 Å². The van der Waals surface area contributed by atoms with Gasteiger partial charge in [0.25, 0.3) is 0 Å². The standard InChI is InChI=1S/C23H18ClF3N8O2/c1-32-9-14(28-11-32)10-35-22(36)30-21(29-19-5-13-8-33(2)31-18(13)6-15(19)24)34(23(35)37)7-12-3-16(25)20(27)17(26)4-12/h3-6,8-9,11H,7,10H2,1-2H3,(H,29,30,36). The van der Waals surface area contributed by atoms with Gasteiger partial charge in [0, 0.05) is 31.9 Å². The van der Waals surface area contributed by atoms with E-state index in [-0.39, 0.29) is 23.1 Å². The normalized spacial score (nSPS) is 11.4. The number of aryl methyl sites for hydroxylation is 2. The molecule has 37 heavy (non-hydrogen) atoms. The monoisotopic (exact) mass is 530 g/mol. The minimum Gasteiger partial charge on any atom is -0.340 e. The van der Waals surface area contributed by atoms with E-state index in [2.05, 4.69) is 20.4 Å². The predicted octanol–water partition coefficient (Wildman–Crippen LogP) is 2.94. The third-order valence-electron chi connectivity index (χ3n) is 5.57. The number of fused-ring (bicyclic) bond motifs is 1. The summed E-state index contributed by atoms with van der Waals surface area (Å²) >= 11 is 6.39. The van der Waals surface area contributed by atoms with Gasteiger partial charge in [0.1, 0.15) is 0 Å². The van der Waals surface area contributed by atoms with Gasteiger partial charge in [-0.2, -0.15) is 10.1 Å². The van der Waals surface area contributed by atoms with E-state index in [9.17, 15) is 22.8 Å². The zero-order chi connectivity index (χ0) is 26.4. The Hall–Kier alpha value is -4.39. The zero-order valence-electron chi connectivity index (χ0n) is 19.4. The zero-order valence-corrected chi connectivity index (χ0v) is 20.2. The molecule has 1 N–H and O–H groups in total. The summed E-state index contributed by atoms with van der Waals surface area (Å²) in [5.74, 6) is -4.71. The fraction of sp³-hybridized carbons (Fsp3) is 0.174. The number of hydrogen-bond donors (Lipinski definition) is 1. The van der Waals surface area contributed by atoms with Crippen molar-refractivity contribution in [2.45, 2.75) is 13.1 Å². The summed E-state index contributed by atoms with van der Waals surface area (Å²) in [5.41, 5.74) is -0.450. The van der Waals surface area contributed by atoms with Gasteiger partial charge in [0.05, 0.1) is 41.3 Å². The Bertz CT molecular complexity index is 1770. The molecule has 0 spiro atoms. The molecule has 5 aromatic rings. The van der Waals surface area contributed by atoms with E-state index in [1.54, 1.807) is 47.9 Å². The van der Waals surface area contributed by atoms with E-state index in [1.165, 1.54) is 6.33 Å². The van der Waals surface area contributed by atoms with Crippen LogP contribution in [-0.4, -0.2) is 33.4 Å². The van der Waals surface area contributed by atoms with Crippen LogP contribution in [0, 0.1) is 17.5 Å². The fourth-order valence-corrected chi connectivity index (χ4v) is 4.09. The molecule has 0 unspecified atom stereocenters. The number of hydrogen-bond acceptors (Lipinski definition) is 6. The molecule has 0 fully saturated rings. The lowest BCUT2D eigenvalue weighted by Gasteiger charge is -2.16. The van der Waals surface area contributed by atoms with Crippen LogP contribution in [0.3, 0.4) is 0 Å². The summed E-state index contributed by atoms with van der Waals surface area (Å²) in [6.45, 7) is -0.627. The maximum absolute atomic E-state index is 13.9. The third-order valence-corrected chi connectivity index (χ3v) is 5.88. The topological polar surface area (TPSA) is 105 Å². The maximum atomic E-state index is 13.9. The van der Waals surface area contributed by atoms with Gasteiger partial charge in [0.15, 0.2) is 17.5 Å². The lowest BCUT2D eigenvalue weighted by molar-refractivity contribution is 0.444. The van der Waals surface area contributed by atoms with Crippen LogP contribution in [0.4, 0.5) is 24.8 Å². The molecule has 0 radical (unpaired) electrons. The molecule has 14 heteroatoms. The first kappa shape index (κ1) is 24.3. The van der Waals surface area contributed by atoms with E-state index < -0.39 is 35.4 Å². The molecular weight excluding hydrogens is 513 g/mol. The van der Waals surface area contributed by atoms with Gasteiger partial charge in [-0.25, -0.2) is 32.3 Å². The highest BCUT2D eigenvalue weighted by Gasteiger charge is 2.18. The van der Waals surface area contributed by atoms with E-state index in [0.29, 0.717) is 16.9 Å². The summed E-state index contributed by atoms with van der Waals surface area (Å²) in [7, 11) is 3.46. The Balaban J connectivity index is 1.63. The first-order chi connectivity index (χ1) is 17.6. The molecule has 0 amide bonds. The molecule has 3 aromatic heterocycles. The smallest absolute Gasteiger partial charge is 0.340 e. The van der Waals surface area contributed by atoms with Crippen molar-refractivity contribution >= 4 is 34.1 Å². The van der Waals surface area contributed by atoms with Crippen molar-refractivity contribution in [1.82, 2.24) is 33.4 Å². The molecule has 0 saturated heterocycles. The predicted molar refractivity (Wildman–Crippen MR) is 129 cm³/mol. The number of nitrogens with one attached hydrogen (secondary N) is 1. The van der Waals surface area contributed by atoms with Crippen LogP contribution in [0.1, 0.15) is 11.3 Å². The fourth-order valence-electron chi connectivity index (χ4n) is 3.88. The molecule has 0 aliphatic carbocycles. The molecule has 10 nitrogen and oxygen atoms in total. The Kier molecular flexibility index (Phi) is 6.07. The van der Waals surface area contributed by atoms with Gasteiger partial charge in [0.2, 0.25) is 5.95 Å². The Morgan fingerprint density at radius 1 is 0.973 bits per heavy atom. The molecule has 0 bridgehead atoms. The number of imidazole rings is 1. The Morgan fingerprint density at radius 3 is 2.38 bits per heavy atom. The Morgan fingerprint density at radius 2 is 1.70 bits per heavy atom. The van der Waals surface area contributed by atoms with Crippen LogP contribution < -0.4 is 16.7 Å². The van der Waals surface area contributed by atoms with Crippen LogP contribution in [0.2, 0.25) is 5.02 Å². The van der Waals surface area contributed by atoms with Crippen molar-refractivity contribution in [3.8, 4) is 0 Å². The molecule has 0 aliphatic rings. The van der Waals surface area contributed by atoms with Gasteiger partial charge in [-0.15, -0.1) is 0 Å². The van der Waals surface area contributed by atoms with Gasteiger partial charge >= 0.3 is 11.4 Å². The molecule has 190 valence electrons. The van der Waals surface area contributed by atoms with Crippen LogP contribution in [0.15, 0.2) is 52.6 Å². The van der Waals surface area contributed by atoms with Gasteiger partial charge < -0.3 is 9.88 Å². The van der Waals surface area contributed by atoms with Gasteiger partial charge in [-0.05, 0) is 29.8 Å².